The van der Waals surface area contributed by atoms with Gasteiger partial charge in [0, 0.05) is 16.7 Å². The maximum Gasteiger partial charge on any atom is 0.340 e. The Bertz CT molecular complexity index is 661. The summed E-state index contributed by atoms with van der Waals surface area (Å²) in [5.74, 6) is -5.13. The molecule has 0 amide bonds. The summed E-state index contributed by atoms with van der Waals surface area (Å²) >= 11 is 2.96. The quantitative estimate of drug-likeness (QED) is 0.598. The molecule has 1 aromatic heterocycles. The molecule has 0 bridgehead atoms. The first-order valence-electron chi connectivity index (χ1n) is 4.67. The van der Waals surface area contributed by atoms with Crippen LogP contribution in [-0.2, 0) is 4.74 Å². The van der Waals surface area contributed by atoms with Gasteiger partial charge in [-0.25, -0.2) is 18.0 Å². The van der Waals surface area contributed by atoms with Crippen molar-refractivity contribution in [2.24, 2.45) is 0 Å². The normalized spacial score (nSPS) is 10.7. The van der Waals surface area contributed by atoms with Crippen molar-refractivity contribution in [2.45, 2.75) is 0 Å². The molecule has 2 rings (SSSR count). The highest BCUT2D eigenvalue weighted by Crippen LogP contribution is 2.31. The molecule has 0 aliphatic rings. The lowest BCUT2D eigenvalue weighted by molar-refractivity contribution is 0.0599. The molecule has 0 fully saturated rings. The van der Waals surface area contributed by atoms with Crippen molar-refractivity contribution in [1.29, 1.82) is 0 Å². The van der Waals surface area contributed by atoms with Crippen LogP contribution in [0.25, 0.3) is 10.9 Å². The number of carbonyl (C=O) groups excluding carboxylic acids is 1. The van der Waals surface area contributed by atoms with Gasteiger partial charge in [0.15, 0.2) is 17.5 Å². The molecule has 0 saturated heterocycles. The van der Waals surface area contributed by atoms with Crippen LogP contribution in [0.1, 0.15) is 10.4 Å². The number of methoxy groups -OCH3 is 1. The molecule has 0 aliphatic heterocycles. The molecule has 1 aromatic carbocycles. The standard InChI is InChI=1S/C11H5BrF3NO2/c1-18-11(17)4-3-16-6-2-5(13)9(14)10(15)7(6)8(4)12/h2-3H,1H3. The fourth-order valence-electron chi connectivity index (χ4n) is 1.47. The summed E-state index contributed by atoms with van der Waals surface area (Å²) < 4.78 is 44.2. The third-order valence-corrected chi connectivity index (χ3v) is 3.16. The topological polar surface area (TPSA) is 39.2 Å². The second-order valence-corrected chi connectivity index (χ2v) is 4.15. The summed E-state index contributed by atoms with van der Waals surface area (Å²) in [6.07, 6.45) is 1.09. The second-order valence-electron chi connectivity index (χ2n) is 3.36. The number of rotatable bonds is 1. The maximum absolute atomic E-state index is 13.6. The van der Waals surface area contributed by atoms with Crippen LogP contribution in [-0.4, -0.2) is 18.1 Å². The molecular formula is C11H5BrF3NO2. The van der Waals surface area contributed by atoms with Gasteiger partial charge in [0.1, 0.15) is 0 Å². The Morgan fingerprint density at radius 1 is 1.33 bits per heavy atom. The smallest absolute Gasteiger partial charge is 0.340 e. The third kappa shape index (κ3) is 1.84. The van der Waals surface area contributed by atoms with Crippen LogP contribution in [0.15, 0.2) is 16.7 Å². The minimum atomic E-state index is -1.62. The number of aromatic nitrogens is 1. The Morgan fingerprint density at radius 3 is 2.61 bits per heavy atom. The van der Waals surface area contributed by atoms with Crippen LogP contribution in [0.3, 0.4) is 0 Å². The van der Waals surface area contributed by atoms with Gasteiger partial charge < -0.3 is 4.74 Å². The monoisotopic (exact) mass is 319 g/mol. The van der Waals surface area contributed by atoms with Gasteiger partial charge in [-0.2, -0.15) is 0 Å². The van der Waals surface area contributed by atoms with E-state index >= 15 is 0 Å². The zero-order valence-electron chi connectivity index (χ0n) is 8.93. The Balaban J connectivity index is 2.86. The van der Waals surface area contributed by atoms with Gasteiger partial charge in [-0.3, -0.25) is 4.98 Å². The molecule has 0 atom stereocenters. The number of fused-ring (bicyclic) bond motifs is 1. The highest BCUT2D eigenvalue weighted by molar-refractivity contribution is 9.10. The van der Waals surface area contributed by atoms with Crippen LogP contribution < -0.4 is 0 Å². The van der Waals surface area contributed by atoms with Crippen LogP contribution in [0.2, 0.25) is 0 Å². The third-order valence-electron chi connectivity index (χ3n) is 2.34. The molecule has 1 heterocycles. The number of halogens is 4. The van der Waals surface area contributed by atoms with E-state index in [1.165, 1.54) is 0 Å². The average molecular weight is 320 g/mol. The summed E-state index contributed by atoms with van der Waals surface area (Å²) in [4.78, 5) is 15.1. The summed E-state index contributed by atoms with van der Waals surface area (Å²) in [6.45, 7) is 0. The number of esters is 1. The molecule has 18 heavy (non-hydrogen) atoms. The van der Waals surface area contributed by atoms with E-state index in [0.29, 0.717) is 0 Å². The summed E-state index contributed by atoms with van der Waals surface area (Å²) in [5, 5.41) is -0.309. The van der Waals surface area contributed by atoms with Gasteiger partial charge >= 0.3 is 5.97 Å². The number of hydrogen-bond acceptors (Lipinski definition) is 3. The first-order valence-corrected chi connectivity index (χ1v) is 5.46. The number of ether oxygens (including phenoxy) is 1. The molecule has 0 spiro atoms. The Morgan fingerprint density at radius 2 is 2.00 bits per heavy atom. The molecular weight excluding hydrogens is 315 g/mol. The van der Waals surface area contributed by atoms with Crippen molar-refractivity contribution in [3.05, 3.63) is 39.8 Å². The minimum absolute atomic E-state index is 0.0317. The van der Waals surface area contributed by atoms with E-state index < -0.39 is 23.4 Å². The molecule has 0 N–H and O–H groups in total. The number of pyridine rings is 1. The number of nitrogens with zero attached hydrogens (tertiary/aromatic N) is 1. The van der Waals surface area contributed by atoms with Gasteiger partial charge in [-0.05, 0) is 15.9 Å². The van der Waals surface area contributed by atoms with Crippen LogP contribution in [0.5, 0.6) is 0 Å². The number of carbonyl (C=O) groups is 1. The molecule has 3 nitrogen and oxygen atoms in total. The average Bonchev–Trinajstić information content (AvgIpc) is 2.35. The summed E-state index contributed by atoms with van der Waals surface area (Å²) in [7, 11) is 1.14. The lowest BCUT2D eigenvalue weighted by Gasteiger charge is -2.07. The lowest BCUT2D eigenvalue weighted by Crippen LogP contribution is -2.05. The van der Waals surface area contributed by atoms with Gasteiger partial charge in [-0.1, -0.05) is 0 Å². The van der Waals surface area contributed by atoms with Crippen molar-refractivity contribution >= 4 is 32.8 Å². The maximum atomic E-state index is 13.6. The van der Waals surface area contributed by atoms with Gasteiger partial charge in [0.2, 0.25) is 0 Å². The van der Waals surface area contributed by atoms with E-state index in [2.05, 4.69) is 25.7 Å². The molecule has 0 saturated carbocycles. The number of hydrogen-bond donors (Lipinski definition) is 0. The SMILES string of the molecule is COC(=O)c1cnc2cc(F)c(F)c(F)c2c1Br. The second kappa shape index (κ2) is 4.56. The Labute approximate surface area is 108 Å². The Kier molecular flexibility index (Phi) is 3.25. The predicted molar refractivity (Wildman–Crippen MR) is 60.7 cm³/mol. The fraction of sp³-hybridized carbons (Fsp3) is 0.0909. The van der Waals surface area contributed by atoms with Crippen molar-refractivity contribution in [3.63, 3.8) is 0 Å². The van der Waals surface area contributed by atoms with E-state index in [4.69, 9.17) is 0 Å². The molecule has 0 unspecified atom stereocenters. The van der Waals surface area contributed by atoms with E-state index in [-0.39, 0.29) is 20.9 Å². The summed E-state index contributed by atoms with van der Waals surface area (Å²) in [6, 6.07) is 0.750. The van der Waals surface area contributed by atoms with Crippen LogP contribution in [0.4, 0.5) is 13.2 Å². The van der Waals surface area contributed by atoms with Gasteiger partial charge in [0.25, 0.3) is 0 Å². The van der Waals surface area contributed by atoms with E-state index in [1.807, 2.05) is 0 Å². The van der Waals surface area contributed by atoms with Crippen molar-refractivity contribution in [2.75, 3.05) is 7.11 Å². The molecule has 94 valence electrons. The highest BCUT2D eigenvalue weighted by atomic mass is 79.9. The fourth-order valence-corrected chi connectivity index (χ4v) is 2.11. The molecule has 0 radical (unpaired) electrons. The van der Waals surface area contributed by atoms with E-state index in [9.17, 15) is 18.0 Å². The van der Waals surface area contributed by atoms with Crippen molar-refractivity contribution in [3.8, 4) is 0 Å². The predicted octanol–water partition coefficient (Wildman–Crippen LogP) is 3.20. The molecule has 2 aromatic rings. The van der Waals surface area contributed by atoms with Gasteiger partial charge in [0.05, 0.1) is 23.6 Å². The lowest BCUT2D eigenvalue weighted by atomic mass is 10.1. The summed E-state index contributed by atoms with van der Waals surface area (Å²) in [5.41, 5.74) is -0.180. The number of benzene rings is 1. The van der Waals surface area contributed by atoms with Crippen molar-refractivity contribution < 1.29 is 22.7 Å². The van der Waals surface area contributed by atoms with E-state index in [1.54, 1.807) is 0 Å². The van der Waals surface area contributed by atoms with Crippen LogP contribution in [0, 0.1) is 17.5 Å². The Hall–Kier alpha value is -1.63. The largest absolute Gasteiger partial charge is 0.465 e. The molecule has 7 heteroatoms. The van der Waals surface area contributed by atoms with Gasteiger partial charge in [-0.15, -0.1) is 0 Å². The van der Waals surface area contributed by atoms with E-state index in [0.717, 1.165) is 19.4 Å². The highest BCUT2D eigenvalue weighted by Gasteiger charge is 2.21. The zero-order valence-corrected chi connectivity index (χ0v) is 10.5. The minimum Gasteiger partial charge on any atom is -0.465 e. The first-order chi connectivity index (χ1) is 8.47. The zero-order chi connectivity index (χ0) is 13.4. The van der Waals surface area contributed by atoms with Crippen molar-refractivity contribution in [1.82, 2.24) is 4.98 Å². The molecule has 0 aliphatic carbocycles. The van der Waals surface area contributed by atoms with Crippen LogP contribution >= 0.6 is 15.9 Å². The first kappa shape index (κ1) is 12.8.